The fourth-order valence-electron chi connectivity index (χ4n) is 2.92. The van der Waals surface area contributed by atoms with E-state index in [-0.39, 0.29) is 11.8 Å². The number of para-hydroxylation sites is 2. The molecule has 2 N–H and O–H groups in total. The average molecular weight is 423 g/mol. The number of methoxy groups -OCH3 is 1. The third kappa shape index (κ3) is 5.42. The lowest BCUT2D eigenvalue weighted by Crippen LogP contribution is -2.38. The maximum absolute atomic E-state index is 12.6. The third-order valence-electron chi connectivity index (χ3n) is 4.75. The SMILES string of the molecule is CC[C@@H](C)Oc1ccc(/C=C2/NC(=O)N(CC(=O)Nc3ccccc3OC)C2=O)cc1. The first-order chi connectivity index (χ1) is 14.9. The van der Waals surface area contributed by atoms with Gasteiger partial charge in [-0.05, 0) is 49.2 Å². The van der Waals surface area contributed by atoms with Gasteiger partial charge in [-0.15, -0.1) is 0 Å². The Bertz CT molecular complexity index is 1000. The Kier molecular flexibility index (Phi) is 6.92. The topological polar surface area (TPSA) is 97.0 Å². The number of carbonyl (C=O) groups is 3. The molecule has 8 nitrogen and oxygen atoms in total. The summed E-state index contributed by atoms with van der Waals surface area (Å²) < 4.78 is 10.9. The van der Waals surface area contributed by atoms with Crippen molar-refractivity contribution in [3.8, 4) is 11.5 Å². The number of benzene rings is 2. The molecule has 1 saturated heterocycles. The number of amides is 4. The second-order valence-corrected chi connectivity index (χ2v) is 7.03. The third-order valence-corrected chi connectivity index (χ3v) is 4.75. The zero-order chi connectivity index (χ0) is 22.4. The number of hydrogen-bond donors (Lipinski definition) is 2. The van der Waals surface area contributed by atoms with Crippen molar-refractivity contribution >= 4 is 29.6 Å². The number of nitrogens with zero attached hydrogens (tertiary/aromatic N) is 1. The molecule has 1 atom stereocenters. The highest BCUT2D eigenvalue weighted by atomic mass is 16.5. The molecule has 31 heavy (non-hydrogen) atoms. The molecule has 2 aromatic carbocycles. The Hall–Kier alpha value is -3.81. The van der Waals surface area contributed by atoms with E-state index in [1.165, 1.54) is 7.11 Å². The summed E-state index contributed by atoms with van der Waals surface area (Å²) in [7, 11) is 1.49. The van der Waals surface area contributed by atoms with Gasteiger partial charge in [0.2, 0.25) is 5.91 Å². The summed E-state index contributed by atoms with van der Waals surface area (Å²) in [6, 6.07) is 13.4. The van der Waals surface area contributed by atoms with Crippen molar-refractivity contribution in [1.29, 1.82) is 0 Å². The number of carbonyl (C=O) groups excluding carboxylic acids is 3. The fraction of sp³-hybridized carbons (Fsp3) is 0.261. The predicted octanol–water partition coefficient (Wildman–Crippen LogP) is 3.40. The van der Waals surface area contributed by atoms with Crippen LogP contribution in [-0.4, -0.2) is 42.5 Å². The van der Waals surface area contributed by atoms with Gasteiger partial charge < -0.3 is 20.1 Å². The molecular formula is C23H25N3O5. The minimum Gasteiger partial charge on any atom is -0.495 e. The van der Waals surface area contributed by atoms with Gasteiger partial charge in [0, 0.05) is 0 Å². The van der Waals surface area contributed by atoms with Crippen LogP contribution in [0.5, 0.6) is 11.5 Å². The minimum atomic E-state index is -0.650. The molecule has 0 saturated carbocycles. The van der Waals surface area contributed by atoms with Crippen LogP contribution in [0.1, 0.15) is 25.8 Å². The molecule has 1 aliphatic heterocycles. The van der Waals surface area contributed by atoms with Crippen LogP contribution in [0, 0.1) is 0 Å². The average Bonchev–Trinajstić information content (AvgIpc) is 3.02. The van der Waals surface area contributed by atoms with Crippen LogP contribution >= 0.6 is 0 Å². The second-order valence-electron chi connectivity index (χ2n) is 7.03. The molecule has 3 rings (SSSR count). The Morgan fingerprint density at radius 2 is 1.87 bits per heavy atom. The van der Waals surface area contributed by atoms with E-state index in [2.05, 4.69) is 10.6 Å². The molecule has 162 valence electrons. The zero-order valence-corrected chi connectivity index (χ0v) is 17.7. The smallest absolute Gasteiger partial charge is 0.329 e. The monoisotopic (exact) mass is 423 g/mol. The maximum Gasteiger partial charge on any atom is 0.329 e. The Balaban J connectivity index is 1.65. The minimum absolute atomic E-state index is 0.102. The van der Waals surface area contributed by atoms with Crippen LogP contribution in [0.3, 0.4) is 0 Å². The summed E-state index contributed by atoms with van der Waals surface area (Å²) in [6.45, 7) is 3.61. The van der Waals surface area contributed by atoms with Gasteiger partial charge in [-0.1, -0.05) is 31.2 Å². The van der Waals surface area contributed by atoms with E-state index >= 15 is 0 Å². The van der Waals surface area contributed by atoms with Gasteiger partial charge in [0.15, 0.2) is 0 Å². The molecule has 0 aliphatic carbocycles. The predicted molar refractivity (Wildman–Crippen MR) is 117 cm³/mol. The summed E-state index contributed by atoms with van der Waals surface area (Å²) in [4.78, 5) is 38.1. The van der Waals surface area contributed by atoms with Crippen molar-refractivity contribution < 1.29 is 23.9 Å². The Morgan fingerprint density at radius 3 is 2.55 bits per heavy atom. The van der Waals surface area contributed by atoms with E-state index in [4.69, 9.17) is 9.47 Å². The fourth-order valence-corrected chi connectivity index (χ4v) is 2.92. The van der Waals surface area contributed by atoms with Crippen LogP contribution in [-0.2, 0) is 9.59 Å². The van der Waals surface area contributed by atoms with E-state index < -0.39 is 24.4 Å². The lowest BCUT2D eigenvalue weighted by atomic mass is 10.2. The second kappa shape index (κ2) is 9.80. The normalized spacial score (nSPS) is 15.6. The van der Waals surface area contributed by atoms with Crippen LogP contribution in [0.2, 0.25) is 0 Å². The van der Waals surface area contributed by atoms with Crippen LogP contribution < -0.4 is 20.1 Å². The molecule has 1 heterocycles. The van der Waals surface area contributed by atoms with Crippen molar-refractivity contribution in [1.82, 2.24) is 10.2 Å². The lowest BCUT2D eigenvalue weighted by Gasteiger charge is -2.13. The van der Waals surface area contributed by atoms with Crippen molar-refractivity contribution in [2.45, 2.75) is 26.4 Å². The lowest BCUT2D eigenvalue weighted by molar-refractivity contribution is -0.127. The molecule has 0 bridgehead atoms. The number of ether oxygens (including phenoxy) is 2. The summed E-state index contributed by atoms with van der Waals surface area (Å²) >= 11 is 0. The molecule has 4 amide bonds. The van der Waals surface area contributed by atoms with Gasteiger partial charge >= 0.3 is 6.03 Å². The highest BCUT2D eigenvalue weighted by Crippen LogP contribution is 2.23. The molecule has 0 radical (unpaired) electrons. The van der Waals surface area contributed by atoms with Gasteiger partial charge in [0.05, 0.1) is 18.9 Å². The zero-order valence-electron chi connectivity index (χ0n) is 17.7. The number of hydrogen-bond acceptors (Lipinski definition) is 5. The first-order valence-corrected chi connectivity index (χ1v) is 9.95. The molecule has 1 fully saturated rings. The van der Waals surface area contributed by atoms with E-state index in [1.807, 2.05) is 13.8 Å². The number of rotatable bonds is 8. The van der Waals surface area contributed by atoms with Crippen molar-refractivity contribution in [3.63, 3.8) is 0 Å². The summed E-state index contributed by atoms with van der Waals surface area (Å²) in [6.07, 6.45) is 2.56. The van der Waals surface area contributed by atoms with Gasteiger partial charge in [0.25, 0.3) is 5.91 Å². The van der Waals surface area contributed by atoms with Crippen molar-refractivity contribution in [2.24, 2.45) is 0 Å². The van der Waals surface area contributed by atoms with E-state index in [0.29, 0.717) is 11.4 Å². The molecule has 8 heteroatoms. The first kappa shape index (κ1) is 21.9. The van der Waals surface area contributed by atoms with Crippen LogP contribution in [0.25, 0.3) is 6.08 Å². The first-order valence-electron chi connectivity index (χ1n) is 9.95. The highest BCUT2D eigenvalue weighted by Gasteiger charge is 2.35. The van der Waals surface area contributed by atoms with Gasteiger partial charge in [-0.25, -0.2) is 9.69 Å². The quantitative estimate of drug-likeness (QED) is 0.501. The Labute approximate surface area is 180 Å². The standard InChI is InChI=1S/C23H25N3O5/c1-4-15(2)31-17-11-9-16(10-12-17)13-19-22(28)26(23(29)25-19)14-21(27)24-18-7-5-6-8-20(18)30-3/h5-13,15H,4,14H2,1-3H3,(H,24,27)(H,25,29)/b19-13+/t15-/m1/s1. The molecule has 1 aliphatic rings. The highest BCUT2D eigenvalue weighted by molar-refractivity contribution is 6.16. The largest absolute Gasteiger partial charge is 0.495 e. The van der Waals surface area contributed by atoms with Crippen LogP contribution in [0.4, 0.5) is 10.5 Å². The van der Waals surface area contributed by atoms with Crippen molar-refractivity contribution in [2.75, 3.05) is 19.0 Å². The van der Waals surface area contributed by atoms with Crippen molar-refractivity contribution in [3.05, 3.63) is 59.8 Å². The molecular weight excluding hydrogens is 398 g/mol. The summed E-state index contributed by atoms with van der Waals surface area (Å²) in [5, 5.41) is 5.16. The molecule has 0 aromatic heterocycles. The number of urea groups is 1. The molecule has 2 aromatic rings. The van der Waals surface area contributed by atoms with Crippen LogP contribution in [0.15, 0.2) is 54.2 Å². The Morgan fingerprint density at radius 1 is 1.16 bits per heavy atom. The van der Waals surface area contributed by atoms with Gasteiger partial charge in [0.1, 0.15) is 23.7 Å². The molecule has 0 spiro atoms. The number of imide groups is 1. The number of anilines is 1. The summed E-state index contributed by atoms with van der Waals surface area (Å²) in [5.41, 5.74) is 1.28. The molecule has 0 unspecified atom stereocenters. The van der Waals surface area contributed by atoms with Gasteiger partial charge in [-0.3, -0.25) is 9.59 Å². The van der Waals surface area contributed by atoms with Gasteiger partial charge in [-0.2, -0.15) is 0 Å². The van der Waals surface area contributed by atoms with E-state index in [1.54, 1.807) is 54.6 Å². The summed E-state index contributed by atoms with van der Waals surface area (Å²) in [5.74, 6) is 0.128. The number of nitrogens with one attached hydrogen (secondary N) is 2. The maximum atomic E-state index is 12.6. The van der Waals surface area contributed by atoms with E-state index in [9.17, 15) is 14.4 Å². The van der Waals surface area contributed by atoms with E-state index in [0.717, 1.165) is 22.6 Å².